The molecule has 2 fully saturated rings. The van der Waals surface area contributed by atoms with Crippen LogP contribution in [0.5, 0.6) is 17.2 Å². The Bertz CT molecular complexity index is 2770. The van der Waals surface area contributed by atoms with Crippen LogP contribution in [0.2, 0.25) is 0 Å². The predicted octanol–water partition coefficient (Wildman–Crippen LogP) is 4.79. The van der Waals surface area contributed by atoms with Gasteiger partial charge in [0.15, 0.2) is 11.9 Å². The van der Waals surface area contributed by atoms with Gasteiger partial charge in [0, 0.05) is 98.4 Å². The number of hydrogen-bond acceptors (Lipinski definition) is 15. The summed E-state index contributed by atoms with van der Waals surface area (Å²) in [6.45, 7) is 3.84. The average molecular weight is 1010 g/mol. The van der Waals surface area contributed by atoms with E-state index in [2.05, 4.69) is 22.9 Å². The van der Waals surface area contributed by atoms with Gasteiger partial charge in [-0.25, -0.2) is 4.79 Å². The summed E-state index contributed by atoms with van der Waals surface area (Å²) in [6.07, 6.45) is 11.9. The fourth-order valence-electron chi connectivity index (χ4n) is 14.2. The fraction of sp³-hybridized carbons (Fsp3) is 0.561. The van der Waals surface area contributed by atoms with Crippen molar-refractivity contribution in [2.75, 3.05) is 66.4 Å². The highest BCUT2D eigenvalue weighted by Crippen LogP contribution is 2.64. The van der Waals surface area contributed by atoms with Crippen LogP contribution in [-0.4, -0.2) is 142 Å². The van der Waals surface area contributed by atoms with E-state index in [1.54, 1.807) is 14.0 Å². The molecule has 10 rings (SSSR count). The van der Waals surface area contributed by atoms with Crippen LogP contribution >= 0.6 is 0 Å². The molecule has 392 valence electrons. The Labute approximate surface area is 425 Å². The van der Waals surface area contributed by atoms with E-state index < -0.39 is 65.7 Å². The molecule has 10 atom stereocenters. The molecule has 2 bridgehead atoms. The van der Waals surface area contributed by atoms with Gasteiger partial charge in [0.2, 0.25) is 5.76 Å². The normalized spacial score (nSPS) is 30.6. The monoisotopic (exact) mass is 1010 g/mol. The first-order valence-corrected chi connectivity index (χ1v) is 26.3. The minimum atomic E-state index is -1.72. The lowest BCUT2D eigenvalue weighted by atomic mass is 9.49. The van der Waals surface area contributed by atoms with E-state index in [4.69, 9.17) is 23.7 Å². The minimum absolute atomic E-state index is 0.00126. The van der Waals surface area contributed by atoms with E-state index in [9.17, 15) is 45.0 Å². The molecule has 3 aliphatic carbocycles. The molecule has 1 saturated carbocycles. The number of ketones is 1. The molecule has 0 amide bonds. The molecule has 0 radical (unpaired) electrons. The number of methoxy groups -OCH3 is 1. The summed E-state index contributed by atoms with van der Waals surface area (Å²) in [5, 5.41) is 70.8. The molecular formula is C57H70N2O14. The first kappa shape index (κ1) is 51.3. The molecule has 7 aliphatic rings. The van der Waals surface area contributed by atoms with Crippen LogP contribution in [0.3, 0.4) is 0 Å². The van der Waals surface area contributed by atoms with E-state index in [0.29, 0.717) is 61.8 Å². The number of aliphatic hydroxyl groups excluding tert-OH is 5. The zero-order valence-corrected chi connectivity index (χ0v) is 42.1. The van der Waals surface area contributed by atoms with Crippen molar-refractivity contribution in [1.82, 2.24) is 9.88 Å². The number of allylic oxidation sites excluding steroid dienone is 4. The van der Waals surface area contributed by atoms with Crippen molar-refractivity contribution >= 4 is 34.5 Å². The van der Waals surface area contributed by atoms with Gasteiger partial charge in [-0.1, -0.05) is 24.6 Å². The number of nitrogens with zero attached hydrogens (tertiary/aromatic N) is 1. The Morgan fingerprint density at radius 3 is 2.59 bits per heavy atom. The second-order valence-corrected chi connectivity index (χ2v) is 21.1. The van der Waals surface area contributed by atoms with Gasteiger partial charge < -0.3 is 59.3 Å². The number of aldehydes is 1. The number of likely N-dealkylation sites (tertiary alicyclic amines) is 1. The number of aryl methyl sites for hydroxylation is 1. The number of aromatic nitrogens is 1. The minimum Gasteiger partial charge on any atom is -0.492 e. The molecule has 5 heterocycles. The third kappa shape index (κ3) is 8.31. The summed E-state index contributed by atoms with van der Waals surface area (Å²) < 4.78 is 32.0. The molecule has 3 aromatic rings. The smallest absolute Gasteiger partial charge is 0.375 e. The molecule has 73 heavy (non-hydrogen) atoms. The molecule has 2 aromatic carbocycles. The number of fused-ring (bicyclic) bond motifs is 11. The zero-order valence-electron chi connectivity index (χ0n) is 42.1. The van der Waals surface area contributed by atoms with Gasteiger partial charge in [-0.15, -0.1) is 0 Å². The number of hydrogen-bond donors (Lipinski definition) is 7. The van der Waals surface area contributed by atoms with E-state index in [0.717, 1.165) is 41.4 Å². The summed E-state index contributed by atoms with van der Waals surface area (Å²) in [6, 6.07) is 5.96. The molecule has 16 nitrogen and oxygen atoms in total. The maximum Gasteiger partial charge on any atom is 0.375 e. The van der Waals surface area contributed by atoms with Gasteiger partial charge in [0.05, 0.1) is 49.7 Å². The maximum atomic E-state index is 14.7. The molecular weight excluding hydrogens is 937 g/mol. The lowest BCUT2D eigenvalue weighted by molar-refractivity contribution is -0.207. The first-order valence-electron chi connectivity index (χ1n) is 26.3. The van der Waals surface area contributed by atoms with Crippen LogP contribution in [0.4, 0.5) is 0 Å². The molecule has 1 spiro atoms. The Hall–Kier alpha value is -5.17. The van der Waals surface area contributed by atoms with Crippen molar-refractivity contribution in [3.8, 4) is 17.2 Å². The quantitative estimate of drug-likeness (QED) is 0.0498. The Morgan fingerprint density at radius 1 is 1.04 bits per heavy atom. The second-order valence-electron chi connectivity index (χ2n) is 21.1. The standard InChI is InChI=1S/C57H70N2O14/c1-4-46-40-22-36(26-62)49-32(12-17-60)9-13-56(57(49,68)44(40)11-16-59(46)15-6-18-69-3)24-41-51(73-56)43(29-65)53-48-47(42(28-64)54(72-53)55(67)70-5-2)35-19-37(27-63)50(66)39(21-35)38-20-34-10-14-58-45(34)23-33(38)8-7-31(25-61)30-71-52(41)48/h9-10,13-14,20,22-23,28,31-32,37,39-40,44,46,49,58,60-63,65,68H,4-8,11-12,15-19,21,24-27,29-30H2,1-3H3. The van der Waals surface area contributed by atoms with Gasteiger partial charge in [-0.3, -0.25) is 14.5 Å². The van der Waals surface area contributed by atoms with Gasteiger partial charge in [0.1, 0.15) is 28.6 Å². The average Bonchev–Trinajstić information content (AvgIpc) is 4.04. The summed E-state index contributed by atoms with van der Waals surface area (Å²) in [4.78, 5) is 48.4. The van der Waals surface area contributed by atoms with E-state index in [-0.39, 0.29) is 115 Å². The molecule has 16 heteroatoms. The van der Waals surface area contributed by atoms with E-state index >= 15 is 0 Å². The van der Waals surface area contributed by atoms with Crippen molar-refractivity contribution in [3.63, 3.8) is 0 Å². The van der Waals surface area contributed by atoms with Crippen molar-refractivity contribution < 1.29 is 68.7 Å². The number of aromatic amines is 1. The van der Waals surface area contributed by atoms with Crippen molar-refractivity contribution in [1.29, 1.82) is 0 Å². The largest absolute Gasteiger partial charge is 0.492 e. The van der Waals surface area contributed by atoms with Crippen LogP contribution in [0, 0.1) is 35.5 Å². The van der Waals surface area contributed by atoms with Gasteiger partial charge in [-0.05, 0) is 123 Å². The van der Waals surface area contributed by atoms with Crippen molar-refractivity contribution in [3.05, 3.63) is 92.9 Å². The van der Waals surface area contributed by atoms with Gasteiger partial charge in [0.25, 0.3) is 0 Å². The number of rotatable bonds is 14. The van der Waals surface area contributed by atoms with E-state index in [1.807, 2.05) is 36.5 Å². The third-order valence-corrected chi connectivity index (χ3v) is 17.5. The van der Waals surface area contributed by atoms with Gasteiger partial charge >= 0.3 is 5.97 Å². The molecule has 1 saturated heterocycles. The number of benzene rings is 2. The second kappa shape index (κ2) is 20.9. The highest BCUT2D eigenvalue weighted by molar-refractivity contribution is 6.11. The number of carbonyl (C=O) groups is 3. The van der Waals surface area contributed by atoms with Crippen LogP contribution in [-0.2, 0) is 43.3 Å². The lowest BCUT2D eigenvalue weighted by Gasteiger charge is -2.62. The zero-order chi connectivity index (χ0) is 51.3. The van der Waals surface area contributed by atoms with Gasteiger partial charge in [-0.2, -0.15) is 0 Å². The van der Waals surface area contributed by atoms with Crippen LogP contribution in [0.1, 0.15) is 92.5 Å². The highest BCUT2D eigenvalue weighted by Gasteiger charge is 2.69. The molecule has 7 N–H and O–H groups in total. The number of H-pyrrole nitrogens is 1. The number of carbonyl (C=O) groups excluding carboxylic acids is 3. The van der Waals surface area contributed by atoms with E-state index in [1.165, 1.54) is 0 Å². The third-order valence-electron chi connectivity index (χ3n) is 17.5. The topological polar surface area (TPSA) is 238 Å². The number of Topliss-reactive ketones (excluding diaryl/α,β-unsaturated/α-hetero) is 1. The lowest BCUT2D eigenvalue weighted by Crippen LogP contribution is -2.72. The summed E-state index contributed by atoms with van der Waals surface area (Å²) in [5.41, 5.74) is 1.41. The first-order chi connectivity index (χ1) is 35.5. The summed E-state index contributed by atoms with van der Waals surface area (Å²) in [5.74, 6) is -4.99. The summed E-state index contributed by atoms with van der Waals surface area (Å²) in [7, 11) is 1.69. The predicted molar refractivity (Wildman–Crippen MR) is 269 cm³/mol. The number of esters is 1. The summed E-state index contributed by atoms with van der Waals surface area (Å²) >= 11 is 0. The Kier molecular flexibility index (Phi) is 14.7. The van der Waals surface area contributed by atoms with Crippen LogP contribution in [0.15, 0.2) is 65.1 Å². The van der Waals surface area contributed by atoms with Crippen LogP contribution < -0.4 is 14.2 Å². The molecule has 10 unspecified atom stereocenters. The number of aliphatic hydroxyl groups is 6. The number of nitrogens with one attached hydrogen (secondary N) is 1. The molecule has 4 aliphatic heterocycles. The molecule has 1 aromatic heterocycles. The van der Waals surface area contributed by atoms with Crippen LogP contribution in [0.25, 0.3) is 16.5 Å². The Morgan fingerprint density at radius 2 is 1.88 bits per heavy atom. The van der Waals surface area contributed by atoms with Crippen molar-refractivity contribution in [2.24, 2.45) is 35.5 Å². The number of ether oxygens (including phenoxy) is 5. The SMILES string of the molecule is CCOC(=O)C1=C(C=O)C2=C3CC(CO)C(=O)C(C3)c3cc4cc[nH]c4cc3CCC(CO)COc3c4c(c(CO)c(c32)O1)OC1(C=CC(CCO)C2C(CO)=CC3C(CC)N(CCCOC)CCC3C21O)C4. The number of piperidine rings is 1. The maximum absolute atomic E-state index is 14.7. The fourth-order valence-corrected chi connectivity index (χ4v) is 14.2. The Balaban J connectivity index is 1.22. The van der Waals surface area contributed by atoms with Crippen molar-refractivity contribution in [2.45, 2.75) is 101 Å². The highest BCUT2D eigenvalue weighted by atomic mass is 16.6.